The molecule has 2 aliphatic carbocycles. The zero-order valence-electron chi connectivity index (χ0n) is 12.5. The van der Waals surface area contributed by atoms with E-state index in [1.807, 2.05) is 4.90 Å². The first-order valence-electron chi connectivity index (χ1n) is 8.27. The summed E-state index contributed by atoms with van der Waals surface area (Å²) >= 11 is 1.77. The van der Waals surface area contributed by atoms with E-state index in [2.05, 4.69) is 0 Å². The molecular weight excluding hydrogens is 286 g/mol. The summed E-state index contributed by atoms with van der Waals surface area (Å²) < 4.78 is 0. The van der Waals surface area contributed by atoms with Crippen LogP contribution in [0.15, 0.2) is 0 Å². The lowest BCUT2D eigenvalue weighted by molar-refractivity contribution is -0.141. The number of thioether (sulfide) groups is 1. The van der Waals surface area contributed by atoms with E-state index >= 15 is 0 Å². The lowest BCUT2D eigenvalue weighted by Crippen LogP contribution is -2.48. The number of aliphatic carboxylic acids is 1. The first kappa shape index (κ1) is 15.2. The molecule has 1 aliphatic heterocycles. The Balaban J connectivity index is 1.57. The molecule has 2 saturated carbocycles. The molecule has 0 spiro atoms. The molecule has 1 heterocycles. The zero-order valence-corrected chi connectivity index (χ0v) is 13.3. The Kier molecular flexibility index (Phi) is 4.77. The van der Waals surface area contributed by atoms with Gasteiger partial charge in [0.05, 0.1) is 12.5 Å². The van der Waals surface area contributed by atoms with Crippen molar-refractivity contribution in [3.63, 3.8) is 0 Å². The van der Waals surface area contributed by atoms with E-state index in [0.29, 0.717) is 5.92 Å². The standard InChI is InChI=1S/C16H25NO3S/c18-15(19)8-12-10-21-7-6-17(12)16(20)14-9-13(14)11-4-2-1-3-5-11/h11-14H,1-10H2,(H,18,19). The monoisotopic (exact) mass is 311 g/mol. The molecule has 3 aliphatic rings. The predicted octanol–water partition coefficient (Wildman–Crippen LogP) is 2.62. The van der Waals surface area contributed by atoms with Crippen molar-refractivity contribution in [1.29, 1.82) is 0 Å². The highest BCUT2D eigenvalue weighted by Gasteiger charge is 2.49. The number of hydrogen-bond donors (Lipinski definition) is 1. The van der Waals surface area contributed by atoms with Crippen molar-refractivity contribution in [2.24, 2.45) is 17.8 Å². The maximum atomic E-state index is 12.7. The molecule has 4 nitrogen and oxygen atoms in total. The molecule has 3 fully saturated rings. The maximum absolute atomic E-state index is 12.7. The molecule has 5 heteroatoms. The Morgan fingerprint density at radius 2 is 1.95 bits per heavy atom. The molecule has 118 valence electrons. The fraction of sp³-hybridized carbons (Fsp3) is 0.875. The number of amides is 1. The lowest BCUT2D eigenvalue weighted by atomic mass is 9.85. The van der Waals surface area contributed by atoms with E-state index in [0.717, 1.165) is 30.4 Å². The highest BCUT2D eigenvalue weighted by Crippen LogP contribution is 2.50. The topological polar surface area (TPSA) is 57.6 Å². The molecule has 0 aromatic heterocycles. The predicted molar refractivity (Wildman–Crippen MR) is 83.3 cm³/mol. The van der Waals surface area contributed by atoms with Gasteiger partial charge in [-0.1, -0.05) is 32.1 Å². The van der Waals surface area contributed by atoms with Crippen LogP contribution in [0.25, 0.3) is 0 Å². The highest BCUT2D eigenvalue weighted by atomic mass is 32.2. The molecular formula is C16H25NO3S. The Morgan fingerprint density at radius 3 is 2.67 bits per heavy atom. The molecule has 3 rings (SSSR count). The fourth-order valence-electron chi connectivity index (χ4n) is 4.11. The number of carbonyl (C=O) groups is 2. The van der Waals surface area contributed by atoms with Gasteiger partial charge in [0.2, 0.25) is 5.91 Å². The number of carbonyl (C=O) groups excluding carboxylic acids is 1. The van der Waals surface area contributed by atoms with Gasteiger partial charge in [-0.3, -0.25) is 9.59 Å². The van der Waals surface area contributed by atoms with E-state index in [1.165, 1.54) is 32.1 Å². The molecule has 21 heavy (non-hydrogen) atoms. The molecule has 3 unspecified atom stereocenters. The van der Waals surface area contributed by atoms with Crippen molar-refractivity contribution in [2.75, 3.05) is 18.1 Å². The van der Waals surface area contributed by atoms with Gasteiger partial charge in [-0.25, -0.2) is 0 Å². The first-order valence-corrected chi connectivity index (χ1v) is 9.42. The van der Waals surface area contributed by atoms with Crippen LogP contribution in [0, 0.1) is 17.8 Å². The van der Waals surface area contributed by atoms with Crippen molar-refractivity contribution >= 4 is 23.6 Å². The summed E-state index contributed by atoms with van der Waals surface area (Å²) in [5.74, 6) is 2.73. The number of carboxylic acid groups (broad SMARTS) is 1. The summed E-state index contributed by atoms with van der Waals surface area (Å²) in [6.45, 7) is 0.731. The average Bonchev–Trinajstić information content (AvgIpc) is 3.28. The number of carboxylic acids is 1. The van der Waals surface area contributed by atoms with Gasteiger partial charge in [0.25, 0.3) is 0 Å². The molecule has 0 radical (unpaired) electrons. The van der Waals surface area contributed by atoms with E-state index in [9.17, 15) is 9.59 Å². The largest absolute Gasteiger partial charge is 0.481 e. The third kappa shape index (κ3) is 3.55. The van der Waals surface area contributed by atoms with Crippen LogP contribution in [0.5, 0.6) is 0 Å². The van der Waals surface area contributed by atoms with Crippen LogP contribution in [0.4, 0.5) is 0 Å². The number of hydrogen-bond acceptors (Lipinski definition) is 3. The number of nitrogens with zero attached hydrogens (tertiary/aromatic N) is 1. The van der Waals surface area contributed by atoms with Gasteiger partial charge >= 0.3 is 5.97 Å². The third-order valence-corrected chi connectivity index (χ3v) is 6.42. The van der Waals surface area contributed by atoms with Crippen molar-refractivity contribution in [3.05, 3.63) is 0 Å². The minimum Gasteiger partial charge on any atom is -0.481 e. The summed E-state index contributed by atoms with van der Waals surface area (Å²) in [6, 6.07) is -0.0960. The van der Waals surface area contributed by atoms with Crippen molar-refractivity contribution in [3.8, 4) is 0 Å². The fourth-order valence-corrected chi connectivity index (χ4v) is 5.17. The van der Waals surface area contributed by atoms with Crippen LogP contribution < -0.4 is 0 Å². The minimum absolute atomic E-state index is 0.0960. The normalized spacial score (nSPS) is 33.7. The summed E-state index contributed by atoms with van der Waals surface area (Å²) in [6.07, 6.45) is 7.73. The lowest BCUT2D eigenvalue weighted by Gasteiger charge is -2.35. The maximum Gasteiger partial charge on any atom is 0.305 e. The SMILES string of the molecule is O=C(O)CC1CSCCN1C(=O)C1CC1C1CCCCC1. The Bertz CT molecular complexity index is 408. The van der Waals surface area contributed by atoms with Crippen molar-refractivity contribution in [2.45, 2.75) is 51.0 Å². The van der Waals surface area contributed by atoms with Gasteiger partial charge in [0, 0.05) is 24.0 Å². The van der Waals surface area contributed by atoms with Gasteiger partial charge < -0.3 is 10.0 Å². The Labute approximate surface area is 130 Å². The third-order valence-electron chi connectivity index (χ3n) is 5.33. The highest BCUT2D eigenvalue weighted by molar-refractivity contribution is 7.99. The second kappa shape index (κ2) is 6.59. The summed E-state index contributed by atoms with van der Waals surface area (Å²) in [5.41, 5.74) is 0. The van der Waals surface area contributed by atoms with Gasteiger partial charge in [0.1, 0.15) is 0 Å². The number of rotatable bonds is 4. The zero-order chi connectivity index (χ0) is 14.8. The van der Waals surface area contributed by atoms with Gasteiger partial charge in [-0.15, -0.1) is 0 Å². The van der Waals surface area contributed by atoms with Crippen LogP contribution >= 0.6 is 11.8 Å². The van der Waals surface area contributed by atoms with E-state index in [-0.39, 0.29) is 24.3 Å². The van der Waals surface area contributed by atoms with Crippen LogP contribution in [-0.2, 0) is 9.59 Å². The quantitative estimate of drug-likeness (QED) is 0.867. The van der Waals surface area contributed by atoms with Crippen molar-refractivity contribution in [1.82, 2.24) is 4.90 Å². The molecule has 0 aromatic carbocycles. The molecule has 3 atom stereocenters. The van der Waals surface area contributed by atoms with E-state index in [4.69, 9.17) is 5.11 Å². The summed E-state index contributed by atoms with van der Waals surface area (Å²) in [5, 5.41) is 9.03. The van der Waals surface area contributed by atoms with Gasteiger partial charge in [-0.05, 0) is 18.3 Å². The molecule has 1 saturated heterocycles. The minimum atomic E-state index is -0.792. The Hall–Kier alpha value is -0.710. The van der Waals surface area contributed by atoms with Crippen molar-refractivity contribution < 1.29 is 14.7 Å². The molecule has 1 N–H and O–H groups in total. The summed E-state index contributed by atoms with van der Waals surface area (Å²) in [4.78, 5) is 25.6. The smallest absolute Gasteiger partial charge is 0.305 e. The van der Waals surface area contributed by atoms with Crippen LogP contribution in [0.2, 0.25) is 0 Å². The molecule has 1 amide bonds. The van der Waals surface area contributed by atoms with E-state index < -0.39 is 5.97 Å². The second-order valence-electron chi connectivity index (χ2n) is 6.76. The summed E-state index contributed by atoms with van der Waals surface area (Å²) in [7, 11) is 0. The second-order valence-corrected chi connectivity index (χ2v) is 7.91. The van der Waals surface area contributed by atoms with E-state index in [1.54, 1.807) is 11.8 Å². The van der Waals surface area contributed by atoms with Gasteiger partial charge in [0.15, 0.2) is 0 Å². The van der Waals surface area contributed by atoms with Crippen LogP contribution in [0.1, 0.15) is 44.9 Å². The average molecular weight is 311 g/mol. The van der Waals surface area contributed by atoms with Gasteiger partial charge in [-0.2, -0.15) is 11.8 Å². The van der Waals surface area contributed by atoms with Crippen LogP contribution in [0.3, 0.4) is 0 Å². The molecule has 0 aromatic rings. The first-order chi connectivity index (χ1) is 10.2. The van der Waals surface area contributed by atoms with Crippen LogP contribution in [-0.4, -0.2) is 46.0 Å². The Morgan fingerprint density at radius 1 is 1.19 bits per heavy atom. The molecule has 0 bridgehead atoms.